The van der Waals surface area contributed by atoms with Crippen LogP contribution in [0.2, 0.25) is 0 Å². The van der Waals surface area contributed by atoms with E-state index in [-0.39, 0.29) is 29.0 Å². The number of benzene rings is 2. The molecule has 1 amide bonds. The van der Waals surface area contributed by atoms with E-state index in [9.17, 15) is 14.7 Å². The summed E-state index contributed by atoms with van der Waals surface area (Å²) < 4.78 is 10.4. The highest BCUT2D eigenvalue weighted by Crippen LogP contribution is 2.31. The summed E-state index contributed by atoms with van der Waals surface area (Å²) >= 11 is 0. The number of methoxy groups -OCH3 is 1. The molecule has 1 fully saturated rings. The summed E-state index contributed by atoms with van der Waals surface area (Å²) in [4.78, 5) is 25.0. The third kappa shape index (κ3) is 3.91. The van der Waals surface area contributed by atoms with Gasteiger partial charge in [0, 0.05) is 11.6 Å². The fourth-order valence-corrected chi connectivity index (χ4v) is 2.43. The lowest BCUT2D eigenvalue weighted by Crippen LogP contribution is -2.33. The molecule has 25 heavy (non-hydrogen) atoms. The van der Waals surface area contributed by atoms with Gasteiger partial charge in [-0.15, -0.1) is 0 Å². The molecule has 1 aliphatic rings. The summed E-state index contributed by atoms with van der Waals surface area (Å²) in [6.45, 7) is 0. The number of hydrogen-bond acceptors (Lipinski definition) is 5. The van der Waals surface area contributed by atoms with Crippen LogP contribution < -0.4 is 10.1 Å². The van der Waals surface area contributed by atoms with Crippen molar-refractivity contribution in [3.63, 3.8) is 0 Å². The van der Waals surface area contributed by atoms with E-state index >= 15 is 0 Å². The molecule has 2 aromatic carbocycles. The Morgan fingerprint density at radius 2 is 1.84 bits per heavy atom. The molecule has 0 radical (unpaired) electrons. The van der Waals surface area contributed by atoms with Gasteiger partial charge in [-0.25, -0.2) is 4.79 Å². The first-order chi connectivity index (χ1) is 12.1. The van der Waals surface area contributed by atoms with Crippen molar-refractivity contribution < 1.29 is 24.2 Å². The Labute approximate surface area is 145 Å². The monoisotopic (exact) mass is 341 g/mol. The maximum Gasteiger partial charge on any atom is 0.343 e. The second kappa shape index (κ2) is 7.25. The standard InChI is InChI=1S/C19H19NO5/c1-24-15-9-5-8-14(16(15)21)19(23)25-17(12-6-3-2-4-7-12)18(22)20-13-10-11-13/h2-9,13,17,21H,10-11H2,1H3,(H,20,22). The van der Waals surface area contributed by atoms with E-state index in [0.717, 1.165) is 12.8 Å². The predicted molar refractivity (Wildman–Crippen MR) is 90.4 cm³/mol. The van der Waals surface area contributed by atoms with Crippen LogP contribution in [0, 0.1) is 0 Å². The van der Waals surface area contributed by atoms with Gasteiger partial charge >= 0.3 is 5.97 Å². The van der Waals surface area contributed by atoms with Crippen molar-refractivity contribution in [3.8, 4) is 11.5 Å². The quantitative estimate of drug-likeness (QED) is 0.789. The molecule has 0 saturated heterocycles. The Morgan fingerprint density at radius 1 is 1.12 bits per heavy atom. The van der Waals surface area contributed by atoms with E-state index in [1.807, 2.05) is 6.07 Å². The highest BCUT2D eigenvalue weighted by molar-refractivity contribution is 5.95. The van der Waals surface area contributed by atoms with Crippen molar-refractivity contribution in [1.82, 2.24) is 5.32 Å². The van der Waals surface area contributed by atoms with Crippen LogP contribution >= 0.6 is 0 Å². The molecule has 6 heteroatoms. The van der Waals surface area contributed by atoms with Crippen LogP contribution in [0.5, 0.6) is 11.5 Å². The second-order valence-corrected chi connectivity index (χ2v) is 5.84. The first kappa shape index (κ1) is 16.8. The molecular weight excluding hydrogens is 322 g/mol. The molecule has 2 N–H and O–H groups in total. The number of para-hydroxylation sites is 1. The Morgan fingerprint density at radius 3 is 2.48 bits per heavy atom. The number of hydrogen-bond donors (Lipinski definition) is 2. The normalized spacial score (nSPS) is 14.4. The fraction of sp³-hybridized carbons (Fsp3) is 0.263. The summed E-state index contributed by atoms with van der Waals surface area (Å²) in [5.41, 5.74) is 0.510. The van der Waals surface area contributed by atoms with Gasteiger partial charge in [-0.1, -0.05) is 36.4 Å². The van der Waals surface area contributed by atoms with Crippen LogP contribution in [0.1, 0.15) is 34.9 Å². The molecule has 6 nitrogen and oxygen atoms in total. The zero-order valence-corrected chi connectivity index (χ0v) is 13.8. The van der Waals surface area contributed by atoms with Crippen molar-refractivity contribution in [1.29, 1.82) is 0 Å². The van der Waals surface area contributed by atoms with Crippen LogP contribution in [-0.2, 0) is 9.53 Å². The average Bonchev–Trinajstić information content (AvgIpc) is 3.44. The first-order valence-electron chi connectivity index (χ1n) is 8.02. The first-order valence-corrected chi connectivity index (χ1v) is 8.02. The minimum atomic E-state index is -1.08. The molecule has 1 aliphatic carbocycles. The van der Waals surface area contributed by atoms with Gasteiger partial charge in [-0.05, 0) is 25.0 Å². The van der Waals surface area contributed by atoms with Gasteiger partial charge in [0.05, 0.1) is 7.11 Å². The van der Waals surface area contributed by atoms with Crippen LogP contribution in [-0.4, -0.2) is 30.1 Å². The number of esters is 1. The maximum atomic E-state index is 12.5. The van der Waals surface area contributed by atoms with Crippen molar-refractivity contribution in [3.05, 3.63) is 59.7 Å². The number of phenols is 1. The highest BCUT2D eigenvalue weighted by Gasteiger charge is 2.31. The smallest absolute Gasteiger partial charge is 0.343 e. The Hall–Kier alpha value is -3.02. The molecule has 0 spiro atoms. The highest BCUT2D eigenvalue weighted by atomic mass is 16.5. The predicted octanol–water partition coefficient (Wildman–Crippen LogP) is 2.58. The average molecular weight is 341 g/mol. The lowest BCUT2D eigenvalue weighted by molar-refractivity contribution is -0.130. The number of carbonyl (C=O) groups excluding carboxylic acids is 2. The van der Waals surface area contributed by atoms with Gasteiger partial charge in [0.25, 0.3) is 5.91 Å². The molecule has 0 bridgehead atoms. The van der Waals surface area contributed by atoms with Crippen LogP contribution in [0.25, 0.3) is 0 Å². The molecule has 130 valence electrons. The van der Waals surface area contributed by atoms with Gasteiger partial charge < -0.3 is 19.9 Å². The third-order valence-corrected chi connectivity index (χ3v) is 3.93. The van der Waals surface area contributed by atoms with Crippen LogP contribution in [0.4, 0.5) is 0 Å². The number of ether oxygens (including phenoxy) is 2. The number of phenolic OH excluding ortho intramolecular Hbond substituents is 1. The lowest BCUT2D eigenvalue weighted by atomic mass is 10.1. The van der Waals surface area contributed by atoms with E-state index in [2.05, 4.69) is 5.32 Å². The Kier molecular flexibility index (Phi) is 4.88. The molecule has 2 aromatic rings. The topological polar surface area (TPSA) is 84.9 Å². The summed E-state index contributed by atoms with van der Waals surface area (Å²) in [5, 5.41) is 13.0. The van der Waals surface area contributed by atoms with E-state index in [1.54, 1.807) is 30.3 Å². The molecule has 0 aliphatic heterocycles. The minimum absolute atomic E-state index is 0.0560. The lowest BCUT2D eigenvalue weighted by Gasteiger charge is -2.18. The summed E-state index contributed by atoms with van der Waals surface area (Å²) in [7, 11) is 1.39. The molecule has 1 saturated carbocycles. The zero-order chi connectivity index (χ0) is 17.8. The third-order valence-electron chi connectivity index (χ3n) is 3.93. The molecule has 0 heterocycles. The van der Waals surface area contributed by atoms with E-state index in [0.29, 0.717) is 5.56 Å². The number of carbonyl (C=O) groups is 2. The van der Waals surface area contributed by atoms with Gasteiger partial charge in [0.15, 0.2) is 11.5 Å². The molecule has 1 atom stereocenters. The van der Waals surface area contributed by atoms with Crippen LogP contribution in [0.15, 0.2) is 48.5 Å². The number of amides is 1. The Balaban J connectivity index is 1.84. The number of nitrogens with one attached hydrogen (secondary N) is 1. The van der Waals surface area contributed by atoms with Crippen molar-refractivity contribution >= 4 is 11.9 Å². The fourth-order valence-electron chi connectivity index (χ4n) is 2.43. The van der Waals surface area contributed by atoms with Crippen molar-refractivity contribution in [2.75, 3.05) is 7.11 Å². The SMILES string of the molecule is COc1cccc(C(=O)OC(C(=O)NC2CC2)c2ccccc2)c1O. The van der Waals surface area contributed by atoms with Gasteiger partial charge in [0.2, 0.25) is 6.10 Å². The van der Waals surface area contributed by atoms with Gasteiger partial charge in [0.1, 0.15) is 5.56 Å². The Bertz CT molecular complexity index is 771. The minimum Gasteiger partial charge on any atom is -0.504 e. The number of rotatable bonds is 6. The molecule has 0 aromatic heterocycles. The molecular formula is C19H19NO5. The van der Waals surface area contributed by atoms with Crippen LogP contribution in [0.3, 0.4) is 0 Å². The number of aromatic hydroxyl groups is 1. The zero-order valence-electron chi connectivity index (χ0n) is 13.8. The maximum absolute atomic E-state index is 12.5. The van der Waals surface area contributed by atoms with Gasteiger partial charge in [-0.3, -0.25) is 4.79 Å². The summed E-state index contributed by atoms with van der Waals surface area (Å²) in [5.74, 6) is -1.32. The summed E-state index contributed by atoms with van der Waals surface area (Å²) in [6, 6.07) is 13.4. The molecule has 1 unspecified atom stereocenters. The van der Waals surface area contributed by atoms with Crippen molar-refractivity contribution in [2.24, 2.45) is 0 Å². The molecule has 3 rings (SSSR count). The summed E-state index contributed by atoms with van der Waals surface area (Å²) in [6.07, 6.45) is 0.773. The van der Waals surface area contributed by atoms with E-state index < -0.39 is 12.1 Å². The van der Waals surface area contributed by atoms with Crippen molar-refractivity contribution in [2.45, 2.75) is 25.0 Å². The van der Waals surface area contributed by atoms with E-state index in [4.69, 9.17) is 9.47 Å². The largest absolute Gasteiger partial charge is 0.504 e. The van der Waals surface area contributed by atoms with E-state index in [1.165, 1.54) is 19.2 Å². The van der Waals surface area contributed by atoms with Gasteiger partial charge in [-0.2, -0.15) is 0 Å². The second-order valence-electron chi connectivity index (χ2n) is 5.84.